The molecule has 0 aliphatic rings. The summed E-state index contributed by atoms with van der Waals surface area (Å²) in [4.78, 5) is 0. The van der Waals surface area contributed by atoms with Crippen LogP contribution in [0.2, 0.25) is 10.0 Å². The van der Waals surface area contributed by atoms with E-state index in [1.165, 1.54) is 0 Å². The van der Waals surface area contributed by atoms with Crippen molar-refractivity contribution in [2.24, 2.45) is 5.73 Å². The van der Waals surface area contributed by atoms with Gasteiger partial charge in [0.05, 0.1) is 5.56 Å². The van der Waals surface area contributed by atoms with Crippen LogP contribution in [-0.2, 0) is 0 Å². The van der Waals surface area contributed by atoms with Crippen molar-refractivity contribution in [1.82, 2.24) is 0 Å². The van der Waals surface area contributed by atoms with E-state index < -0.39 is 0 Å². The third kappa shape index (κ3) is 3.19. The molecule has 3 N–H and O–H groups in total. The number of halogens is 2. The number of nitrogens with one attached hydrogen (secondary N) is 1. The largest absolute Gasteiger partial charge is 0.456 e. The highest BCUT2D eigenvalue weighted by Gasteiger charge is 2.10. The predicted molar refractivity (Wildman–Crippen MR) is 78.7 cm³/mol. The normalized spacial score (nSPS) is 10.3. The summed E-state index contributed by atoms with van der Waals surface area (Å²) < 4.78 is 5.77. The smallest absolute Gasteiger partial charge is 0.139 e. The monoisotopic (exact) mass is 294 g/mol. The maximum Gasteiger partial charge on any atom is 0.139 e. The first-order valence-electron chi connectivity index (χ1n) is 5.55. The van der Waals surface area contributed by atoms with Crippen LogP contribution in [0, 0.1) is 12.3 Å². The molecule has 0 spiro atoms. The zero-order valence-electron chi connectivity index (χ0n) is 10.2. The molecule has 0 aliphatic carbocycles. The fourth-order valence-corrected chi connectivity index (χ4v) is 2.04. The number of nitrogens with two attached hydrogens (primary N) is 1. The second-order valence-corrected chi connectivity index (χ2v) is 4.94. The molecule has 3 nitrogen and oxygen atoms in total. The Labute approximate surface area is 121 Å². The van der Waals surface area contributed by atoms with Crippen molar-refractivity contribution in [3.05, 3.63) is 57.6 Å². The van der Waals surface area contributed by atoms with E-state index in [0.29, 0.717) is 27.1 Å². The number of ether oxygens (including phenoxy) is 1. The quantitative estimate of drug-likeness (QED) is 0.652. The molecule has 0 saturated carbocycles. The molecule has 19 heavy (non-hydrogen) atoms. The van der Waals surface area contributed by atoms with E-state index in [2.05, 4.69) is 0 Å². The van der Waals surface area contributed by atoms with Crippen molar-refractivity contribution in [2.75, 3.05) is 0 Å². The van der Waals surface area contributed by atoms with Gasteiger partial charge in [0.2, 0.25) is 0 Å². The lowest BCUT2D eigenvalue weighted by Crippen LogP contribution is -2.12. The summed E-state index contributed by atoms with van der Waals surface area (Å²) in [5.74, 6) is 1.03. The van der Waals surface area contributed by atoms with Crippen LogP contribution in [0.1, 0.15) is 11.1 Å². The Morgan fingerprint density at radius 3 is 2.32 bits per heavy atom. The Bertz CT molecular complexity index is 641. The molecule has 2 aromatic carbocycles. The van der Waals surface area contributed by atoms with E-state index in [9.17, 15) is 0 Å². The van der Waals surface area contributed by atoms with Crippen LogP contribution < -0.4 is 10.5 Å². The van der Waals surface area contributed by atoms with Gasteiger partial charge in [0.1, 0.15) is 17.3 Å². The zero-order valence-corrected chi connectivity index (χ0v) is 11.7. The SMILES string of the molecule is Cc1cc(Cl)ccc1Oc1cc(Cl)ccc1C(=N)N. The van der Waals surface area contributed by atoms with Crippen LogP contribution >= 0.6 is 23.2 Å². The van der Waals surface area contributed by atoms with Crippen LogP contribution in [0.5, 0.6) is 11.5 Å². The molecule has 0 aliphatic heterocycles. The lowest BCUT2D eigenvalue weighted by molar-refractivity contribution is 0.478. The molecule has 0 bridgehead atoms. The molecule has 2 aromatic rings. The van der Waals surface area contributed by atoms with Crippen molar-refractivity contribution in [3.63, 3.8) is 0 Å². The Balaban J connectivity index is 2.42. The van der Waals surface area contributed by atoms with E-state index in [-0.39, 0.29) is 5.84 Å². The number of rotatable bonds is 3. The predicted octanol–water partition coefficient (Wildman–Crippen LogP) is 4.38. The average molecular weight is 295 g/mol. The lowest BCUT2D eigenvalue weighted by atomic mass is 10.1. The molecule has 0 fully saturated rings. The highest BCUT2D eigenvalue weighted by atomic mass is 35.5. The minimum absolute atomic E-state index is 0.0710. The summed E-state index contributed by atoms with van der Waals surface area (Å²) >= 11 is 11.8. The summed E-state index contributed by atoms with van der Waals surface area (Å²) in [5, 5.41) is 8.70. The molecular weight excluding hydrogens is 283 g/mol. The Morgan fingerprint density at radius 2 is 1.68 bits per heavy atom. The molecule has 98 valence electrons. The molecule has 5 heteroatoms. The van der Waals surface area contributed by atoms with Gasteiger partial charge in [-0.1, -0.05) is 23.2 Å². The average Bonchev–Trinajstić information content (AvgIpc) is 2.32. The number of benzene rings is 2. The molecular formula is C14H12Cl2N2O. The summed E-state index contributed by atoms with van der Waals surface area (Å²) in [6.07, 6.45) is 0. The van der Waals surface area contributed by atoms with Crippen LogP contribution in [-0.4, -0.2) is 5.84 Å². The highest BCUT2D eigenvalue weighted by molar-refractivity contribution is 6.31. The fourth-order valence-electron chi connectivity index (χ4n) is 1.65. The topological polar surface area (TPSA) is 59.1 Å². The fraction of sp³-hybridized carbons (Fsp3) is 0.0714. The van der Waals surface area contributed by atoms with Crippen molar-refractivity contribution < 1.29 is 4.74 Å². The number of amidine groups is 1. The second kappa shape index (κ2) is 5.51. The van der Waals surface area contributed by atoms with E-state index in [0.717, 1.165) is 5.56 Å². The second-order valence-electron chi connectivity index (χ2n) is 4.07. The first-order valence-corrected chi connectivity index (χ1v) is 6.31. The van der Waals surface area contributed by atoms with Gasteiger partial charge < -0.3 is 10.5 Å². The summed E-state index contributed by atoms with van der Waals surface area (Å²) in [7, 11) is 0. The van der Waals surface area contributed by atoms with Crippen molar-refractivity contribution >= 4 is 29.0 Å². The molecule has 2 rings (SSSR count). The molecule has 0 saturated heterocycles. The number of nitrogen functional groups attached to an aromatic ring is 1. The van der Waals surface area contributed by atoms with E-state index in [1.54, 1.807) is 36.4 Å². The molecule has 0 heterocycles. The Hall–Kier alpha value is -1.71. The minimum Gasteiger partial charge on any atom is -0.456 e. The zero-order chi connectivity index (χ0) is 14.0. The van der Waals surface area contributed by atoms with Crippen molar-refractivity contribution in [1.29, 1.82) is 5.41 Å². The summed E-state index contributed by atoms with van der Waals surface area (Å²) in [5.41, 5.74) is 6.91. The Kier molecular flexibility index (Phi) is 3.98. The third-order valence-corrected chi connectivity index (χ3v) is 3.06. The van der Waals surface area contributed by atoms with Crippen molar-refractivity contribution in [2.45, 2.75) is 6.92 Å². The van der Waals surface area contributed by atoms with Gasteiger partial charge >= 0.3 is 0 Å². The van der Waals surface area contributed by atoms with Crippen LogP contribution in [0.3, 0.4) is 0 Å². The molecule has 0 atom stereocenters. The van der Waals surface area contributed by atoms with Crippen molar-refractivity contribution in [3.8, 4) is 11.5 Å². The van der Waals surface area contributed by atoms with Gasteiger partial charge in [-0.05, 0) is 42.8 Å². The van der Waals surface area contributed by atoms with Gasteiger partial charge in [-0.2, -0.15) is 0 Å². The summed E-state index contributed by atoms with van der Waals surface area (Å²) in [6, 6.07) is 10.3. The van der Waals surface area contributed by atoms with E-state index in [1.807, 2.05) is 6.92 Å². The highest BCUT2D eigenvalue weighted by Crippen LogP contribution is 2.31. The first-order chi connectivity index (χ1) is 8.97. The molecule has 0 aromatic heterocycles. The maximum absolute atomic E-state index is 7.53. The van der Waals surface area contributed by atoms with Gasteiger partial charge in [0, 0.05) is 16.1 Å². The van der Waals surface area contributed by atoms with Crippen LogP contribution in [0.4, 0.5) is 0 Å². The van der Waals surface area contributed by atoms with Gasteiger partial charge in [0.25, 0.3) is 0 Å². The lowest BCUT2D eigenvalue weighted by Gasteiger charge is -2.12. The van der Waals surface area contributed by atoms with Gasteiger partial charge in [-0.3, -0.25) is 5.41 Å². The number of hydrogen-bond donors (Lipinski definition) is 2. The Morgan fingerprint density at radius 1 is 1.05 bits per heavy atom. The third-order valence-electron chi connectivity index (χ3n) is 2.59. The van der Waals surface area contributed by atoms with E-state index in [4.69, 9.17) is 39.1 Å². The van der Waals surface area contributed by atoms with Crippen LogP contribution in [0.15, 0.2) is 36.4 Å². The first kappa shape index (κ1) is 13.7. The standard InChI is InChI=1S/C14H12Cl2N2O/c1-8-6-9(15)3-5-12(8)19-13-7-10(16)2-4-11(13)14(17)18/h2-7H,1H3,(H3,17,18). The molecule has 0 unspecified atom stereocenters. The number of aryl methyl sites for hydroxylation is 1. The summed E-state index contributed by atoms with van der Waals surface area (Å²) in [6.45, 7) is 1.89. The minimum atomic E-state index is -0.0710. The maximum atomic E-state index is 7.53. The van der Waals surface area contributed by atoms with Gasteiger partial charge in [-0.15, -0.1) is 0 Å². The molecule has 0 radical (unpaired) electrons. The van der Waals surface area contributed by atoms with Crippen LogP contribution in [0.25, 0.3) is 0 Å². The number of hydrogen-bond acceptors (Lipinski definition) is 2. The van der Waals surface area contributed by atoms with E-state index >= 15 is 0 Å². The van der Waals surface area contributed by atoms with Gasteiger partial charge in [-0.25, -0.2) is 0 Å². The van der Waals surface area contributed by atoms with Gasteiger partial charge in [0.15, 0.2) is 0 Å². The molecule has 0 amide bonds.